The summed E-state index contributed by atoms with van der Waals surface area (Å²) in [5.74, 6) is 0.0965. The van der Waals surface area contributed by atoms with E-state index in [1.165, 1.54) is 16.3 Å². The summed E-state index contributed by atoms with van der Waals surface area (Å²) in [5, 5.41) is 2.45. The average molecular weight is 306 g/mol. The van der Waals surface area contributed by atoms with Gasteiger partial charge >= 0.3 is 0 Å². The van der Waals surface area contributed by atoms with Gasteiger partial charge in [0.2, 0.25) is 0 Å². The van der Waals surface area contributed by atoms with E-state index in [9.17, 15) is 4.39 Å². The van der Waals surface area contributed by atoms with Crippen molar-refractivity contribution >= 4 is 10.8 Å². The summed E-state index contributed by atoms with van der Waals surface area (Å²) in [6.45, 7) is 8.35. The molecule has 118 valence electrons. The third-order valence-electron chi connectivity index (χ3n) is 4.82. The summed E-state index contributed by atoms with van der Waals surface area (Å²) in [6, 6.07) is 20.5. The number of fused-ring (bicyclic) bond motifs is 1. The van der Waals surface area contributed by atoms with Crippen LogP contribution in [0.4, 0.5) is 4.39 Å². The quantitative estimate of drug-likeness (QED) is 0.523. The van der Waals surface area contributed by atoms with E-state index in [1.54, 1.807) is 6.07 Å². The minimum Gasteiger partial charge on any atom is -0.207 e. The van der Waals surface area contributed by atoms with Crippen molar-refractivity contribution in [3.8, 4) is 0 Å². The molecule has 3 aromatic rings. The van der Waals surface area contributed by atoms with Gasteiger partial charge in [0.15, 0.2) is 0 Å². The molecular formula is C22H23F. The SMILES string of the molecule is CC(C)c1ccc(C(C)(C)c2ccc3ccccc3c2)cc1F. The van der Waals surface area contributed by atoms with E-state index >= 15 is 0 Å². The Morgan fingerprint density at radius 3 is 2.04 bits per heavy atom. The number of hydrogen-bond donors (Lipinski definition) is 0. The average Bonchev–Trinajstić information content (AvgIpc) is 2.53. The molecule has 0 bridgehead atoms. The molecule has 0 saturated carbocycles. The van der Waals surface area contributed by atoms with Crippen molar-refractivity contribution in [1.29, 1.82) is 0 Å². The van der Waals surface area contributed by atoms with Gasteiger partial charge in [-0.15, -0.1) is 0 Å². The van der Waals surface area contributed by atoms with E-state index in [2.05, 4.69) is 56.3 Å². The predicted octanol–water partition coefficient (Wildman–Crippen LogP) is 6.43. The van der Waals surface area contributed by atoms with Gasteiger partial charge < -0.3 is 0 Å². The largest absolute Gasteiger partial charge is 0.207 e. The number of benzene rings is 3. The molecule has 3 rings (SSSR count). The maximum atomic E-state index is 14.4. The van der Waals surface area contributed by atoms with Crippen LogP contribution < -0.4 is 0 Å². The summed E-state index contributed by atoms with van der Waals surface area (Å²) in [7, 11) is 0. The summed E-state index contributed by atoms with van der Waals surface area (Å²) in [5.41, 5.74) is 2.76. The molecule has 0 N–H and O–H groups in total. The van der Waals surface area contributed by atoms with Crippen molar-refractivity contribution in [1.82, 2.24) is 0 Å². The minimum absolute atomic E-state index is 0.105. The number of halogens is 1. The second-order valence-electron chi connectivity index (χ2n) is 7.08. The van der Waals surface area contributed by atoms with Crippen LogP contribution in [0.1, 0.15) is 50.3 Å². The molecule has 0 spiro atoms. The molecule has 0 atom stereocenters. The molecule has 1 heteroatoms. The van der Waals surface area contributed by atoms with Gasteiger partial charge in [-0.2, -0.15) is 0 Å². The monoisotopic (exact) mass is 306 g/mol. The van der Waals surface area contributed by atoms with Crippen LogP contribution in [0.15, 0.2) is 60.7 Å². The van der Waals surface area contributed by atoms with Crippen LogP contribution in [0.2, 0.25) is 0 Å². The first-order chi connectivity index (χ1) is 10.9. The van der Waals surface area contributed by atoms with E-state index in [0.717, 1.165) is 11.1 Å². The van der Waals surface area contributed by atoms with Gasteiger partial charge in [-0.3, -0.25) is 0 Å². The smallest absolute Gasteiger partial charge is 0.126 e. The molecule has 0 saturated heterocycles. The van der Waals surface area contributed by atoms with Gasteiger partial charge in [-0.1, -0.05) is 82.3 Å². The minimum atomic E-state index is -0.236. The van der Waals surface area contributed by atoms with Gasteiger partial charge in [-0.05, 0) is 39.4 Å². The Balaban J connectivity index is 2.07. The lowest BCUT2D eigenvalue weighted by Crippen LogP contribution is -2.19. The molecule has 0 aliphatic heterocycles. The Bertz CT molecular complexity index is 843. The van der Waals surface area contributed by atoms with Crippen molar-refractivity contribution in [3.63, 3.8) is 0 Å². The van der Waals surface area contributed by atoms with Crippen molar-refractivity contribution < 1.29 is 4.39 Å². The Kier molecular flexibility index (Phi) is 3.97. The molecule has 0 aliphatic carbocycles. The van der Waals surface area contributed by atoms with E-state index in [1.807, 2.05) is 26.0 Å². The molecule has 0 nitrogen and oxygen atoms in total. The molecule has 0 heterocycles. The maximum absolute atomic E-state index is 14.4. The lowest BCUT2D eigenvalue weighted by Gasteiger charge is -2.27. The van der Waals surface area contributed by atoms with E-state index in [-0.39, 0.29) is 17.2 Å². The zero-order chi connectivity index (χ0) is 16.6. The van der Waals surface area contributed by atoms with Gasteiger partial charge in [0.25, 0.3) is 0 Å². The van der Waals surface area contributed by atoms with E-state index < -0.39 is 0 Å². The molecule has 0 amide bonds. The summed E-state index contributed by atoms with van der Waals surface area (Å²) in [4.78, 5) is 0. The highest BCUT2D eigenvalue weighted by Crippen LogP contribution is 2.34. The fourth-order valence-electron chi connectivity index (χ4n) is 3.13. The van der Waals surface area contributed by atoms with Crippen LogP contribution in [-0.4, -0.2) is 0 Å². The Hall–Kier alpha value is -2.15. The highest BCUT2D eigenvalue weighted by Gasteiger charge is 2.24. The highest BCUT2D eigenvalue weighted by atomic mass is 19.1. The summed E-state index contributed by atoms with van der Waals surface area (Å²) < 4.78 is 14.4. The molecular weight excluding hydrogens is 283 g/mol. The first-order valence-electron chi connectivity index (χ1n) is 8.19. The van der Waals surface area contributed by atoms with E-state index in [4.69, 9.17) is 0 Å². The van der Waals surface area contributed by atoms with Crippen molar-refractivity contribution in [2.45, 2.75) is 39.0 Å². The van der Waals surface area contributed by atoms with Gasteiger partial charge in [0.1, 0.15) is 5.82 Å². The second-order valence-corrected chi connectivity index (χ2v) is 7.08. The topological polar surface area (TPSA) is 0 Å². The summed E-state index contributed by atoms with van der Waals surface area (Å²) in [6.07, 6.45) is 0. The maximum Gasteiger partial charge on any atom is 0.126 e. The predicted molar refractivity (Wildman–Crippen MR) is 96.6 cm³/mol. The molecule has 0 aliphatic rings. The normalized spacial score (nSPS) is 12.1. The lowest BCUT2D eigenvalue weighted by atomic mass is 9.77. The third kappa shape index (κ3) is 2.88. The van der Waals surface area contributed by atoms with Crippen LogP contribution in [-0.2, 0) is 5.41 Å². The van der Waals surface area contributed by atoms with Crippen molar-refractivity contribution in [3.05, 3.63) is 83.2 Å². The number of hydrogen-bond acceptors (Lipinski definition) is 0. The van der Waals surface area contributed by atoms with Gasteiger partial charge in [0.05, 0.1) is 0 Å². The van der Waals surface area contributed by atoms with Crippen LogP contribution >= 0.6 is 0 Å². The lowest BCUT2D eigenvalue weighted by molar-refractivity contribution is 0.580. The van der Waals surface area contributed by atoms with Crippen molar-refractivity contribution in [2.24, 2.45) is 0 Å². The standard InChI is InChI=1S/C22H23F/c1-15(2)20-12-11-19(14-21(20)23)22(3,4)18-10-9-16-7-5-6-8-17(16)13-18/h5-15H,1-4H3. The first kappa shape index (κ1) is 15.7. The van der Waals surface area contributed by atoms with Crippen molar-refractivity contribution in [2.75, 3.05) is 0 Å². The first-order valence-corrected chi connectivity index (χ1v) is 8.19. The van der Waals surface area contributed by atoms with Crippen LogP contribution in [0.25, 0.3) is 10.8 Å². The zero-order valence-electron chi connectivity index (χ0n) is 14.2. The molecule has 3 aromatic carbocycles. The molecule has 0 radical (unpaired) electrons. The fraction of sp³-hybridized carbons (Fsp3) is 0.273. The number of rotatable bonds is 3. The van der Waals surface area contributed by atoms with E-state index in [0.29, 0.717) is 0 Å². The molecule has 23 heavy (non-hydrogen) atoms. The highest BCUT2D eigenvalue weighted by molar-refractivity contribution is 5.83. The third-order valence-corrected chi connectivity index (χ3v) is 4.82. The van der Waals surface area contributed by atoms with Crippen LogP contribution in [0.5, 0.6) is 0 Å². The molecule has 0 fully saturated rings. The summed E-state index contributed by atoms with van der Waals surface area (Å²) >= 11 is 0. The Morgan fingerprint density at radius 2 is 1.39 bits per heavy atom. The second kappa shape index (κ2) is 5.81. The fourth-order valence-corrected chi connectivity index (χ4v) is 3.13. The zero-order valence-corrected chi connectivity index (χ0v) is 14.2. The van der Waals surface area contributed by atoms with Crippen LogP contribution in [0.3, 0.4) is 0 Å². The van der Waals surface area contributed by atoms with Gasteiger partial charge in [0, 0.05) is 5.41 Å². The van der Waals surface area contributed by atoms with Gasteiger partial charge in [-0.25, -0.2) is 4.39 Å². The van der Waals surface area contributed by atoms with Crippen LogP contribution in [0, 0.1) is 5.82 Å². The Morgan fingerprint density at radius 1 is 0.783 bits per heavy atom. The Labute approximate surface area is 138 Å². The molecule has 0 unspecified atom stereocenters. The molecule has 0 aromatic heterocycles.